The number of ether oxygens (including phenoxy) is 3. The Balaban J connectivity index is 1.49. The van der Waals surface area contributed by atoms with E-state index in [9.17, 15) is 24.5 Å². The van der Waals surface area contributed by atoms with Crippen molar-refractivity contribution >= 4 is 41.5 Å². The second-order valence-corrected chi connectivity index (χ2v) is 9.24. The Kier molecular flexibility index (Phi) is 7.87. The van der Waals surface area contributed by atoms with Gasteiger partial charge in [-0.05, 0) is 35.4 Å². The summed E-state index contributed by atoms with van der Waals surface area (Å²) in [5, 5.41) is 10.4. The van der Waals surface area contributed by atoms with Gasteiger partial charge in [-0.25, -0.2) is 4.79 Å². The minimum atomic E-state index is -0.736. The van der Waals surface area contributed by atoms with E-state index < -0.39 is 34.2 Å². The molecule has 2 aromatic rings. The normalized spacial score (nSPS) is 18.8. The number of fused-ring (bicyclic) bond motifs is 1. The van der Waals surface area contributed by atoms with E-state index in [4.69, 9.17) is 14.2 Å². The van der Waals surface area contributed by atoms with Gasteiger partial charge in [0, 0.05) is 36.6 Å². The maximum Gasteiger partial charge on any atom is 0.355 e. The first kappa shape index (κ1) is 25.9. The summed E-state index contributed by atoms with van der Waals surface area (Å²) in [6, 6.07) is 12.1. The number of amides is 1. The second kappa shape index (κ2) is 11.2. The molecule has 0 aliphatic carbocycles. The Morgan fingerprint density at radius 1 is 1.14 bits per heavy atom. The lowest BCUT2D eigenvalue weighted by molar-refractivity contribution is -0.384. The average Bonchev–Trinajstić information content (AvgIpc) is 2.90. The molecule has 12 heteroatoms. The number of nitrogens with zero attached hydrogens (tertiary/aromatic N) is 3. The van der Waals surface area contributed by atoms with Crippen molar-refractivity contribution in [3.05, 3.63) is 81.0 Å². The Morgan fingerprint density at radius 3 is 2.46 bits per heavy atom. The van der Waals surface area contributed by atoms with E-state index in [0.717, 1.165) is 5.56 Å². The van der Waals surface area contributed by atoms with Crippen LogP contribution in [0.25, 0.3) is 0 Å². The zero-order valence-electron chi connectivity index (χ0n) is 20.0. The summed E-state index contributed by atoms with van der Waals surface area (Å²) in [5.74, 6) is -0.592. The van der Waals surface area contributed by atoms with Gasteiger partial charge in [-0.15, -0.1) is 11.8 Å². The van der Waals surface area contributed by atoms with Crippen LogP contribution in [0, 0.1) is 10.1 Å². The number of carbonyl (C=O) groups is 3. The molecule has 2 aliphatic rings. The largest absolute Gasteiger partial charge is 0.497 e. The van der Waals surface area contributed by atoms with Crippen molar-refractivity contribution in [2.75, 3.05) is 19.5 Å². The number of nitro benzene ring substituents is 1. The highest BCUT2D eigenvalue weighted by molar-refractivity contribution is 8.00. The molecule has 192 valence electrons. The molecule has 2 aromatic carbocycles. The van der Waals surface area contributed by atoms with Crippen molar-refractivity contribution in [2.24, 2.45) is 4.99 Å². The number of carbonyl (C=O) groups excluding carboxylic acids is 3. The van der Waals surface area contributed by atoms with Crippen LogP contribution < -0.4 is 4.74 Å². The molecule has 4 rings (SSSR count). The summed E-state index contributed by atoms with van der Waals surface area (Å²) in [5.41, 5.74) is 1.82. The van der Waals surface area contributed by atoms with Crippen LogP contribution in [0.5, 0.6) is 5.75 Å². The van der Waals surface area contributed by atoms with Gasteiger partial charge >= 0.3 is 11.9 Å². The first-order valence-electron chi connectivity index (χ1n) is 11.2. The van der Waals surface area contributed by atoms with Gasteiger partial charge in [-0.3, -0.25) is 29.6 Å². The zero-order valence-corrected chi connectivity index (χ0v) is 20.8. The maximum absolute atomic E-state index is 13.1. The molecule has 2 heterocycles. The predicted octanol–water partition coefficient (Wildman–Crippen LogP) is 2.87. The topological polar surface area (TPSA) is 138 Å². The third kappa shape index (κ3) is 5.80. The number of β-lactam (4-membered cyclic amide) rings is 1. The Labute approximate surface area is 216 Å². The first-order valence-corrected chi connectivity index (χ1v) is 12.2. The van der Waals surface area contributed by atoms with Crippen LogP contribution in [0.4, 0.5) is 5.69 Å². The van der Waals surface area contributed by atoms with E-state index in [1.807, 2.05) is 0 Å². The van der Waals surface area contributed by atoms with Crippen LogP contribution in [-0.4, -0.2) is 64.8 Å². The number of non-ortho nitro benzene ring substituents is 1. The van der Waals surface area contributed by atoms with Crippen LogP contribution in [0.15, 0.2) is 64.8 Å². The number of esters is 2. The highest BCUT2D eigenvalue weighted by atomic mass is 32.2. The van der Waals surface area contributed by atoms with Gasteiger partial charge in [-0.2, -0.15) is 0 Å². The van der Waals surface area contributed by atoms with Crippen molar-refractivity contribution in [2.45, 2.75) is 24.9 Å². The van der Waals surface area contributed by atoms with E-state index in [2.05, 4.69) is 4.99 Å². The van der Waals surface area contributed by atoms with Crippen LogP contribution in [0.3, 0.4) is 0 Å². The highest BCUT2D eigenvalue weighted by Gasteiger charge is 2.53. The molecule has 11 nitrogen and oxygen atoms in total. The molecule has 0 spiro atoms. The number of methoxy groups -OCH3 is 1. The Morgan fingerprint density at radius 2 is 1.84 bits per heavy atom. The SMILES string of the molecule is COc1ccc(COC(=O)C2=C(COC(C)=O)CS[C@@H]3[C@@H](/N=C/c4ccc([N+](=O)[O-])cc4)C(=O)N23)cc1. The van der Waals surface area contributed by atoms with E-state index >= 15 is 0 Å². The predicted molar refractivity (Wildman–Crippen MR) is 134 cm³/mol. The first-order chi connectivity index (χ1) is 17.8. The summed E-state index contributed by atoms with van der Waals surface area (Å²) in [7, 11) is 1.55. The van der Waals surface area contributed by atoms with Crippen molar-refractivity contribution in [1.29, 1.82) is 0 Å². The summed E-state index contributed by atoms with van der Waals surface area (Å²) < 4.78 is 15.7. The van der Waals surface area contributed by atoms with Crippen LogP contribution in [0.1, 0.15) is 18.1 Å². The average molecular weight is 526 g/mol. The smallest absolute Gasteiger partial charge is 0.355 e. The lowest BCUT2D eigenvalue weighted by Crippen LogP contribution is -2.64. The molecule has 0 radical (unpaired) electrons. The molecular weight excluding hydrogens is 502 g/mol. The van der Waals surface area contributed by atoms with E-state index in [1.54, 1.807) is 31.4 Å². The van der Waals surface area contributed by atoms with Gasteiger partial charge in [0.2, 0.25) is 0 Å². The number of hydrogen-bond donors (Lipinski definition) is 0. The number of thioether (sulfide) groups is 1. The molecule has 2 aliphatic heterocycles. The Hall–Kier alpha value is -4.19. The Bertz CT molecular complexity index is 1270. The number of benzene rings is 2. The van der Waals surface area contributed by atoms with Crippen LogP contribution in [-0.2, 0) is 30.5 Å². The molecule has 0 unspecified atom stereocenters. The van der Waals surface area contributed by atoms with Gasteiger partial charge in [0.1, 0.15) is 30.0 Å². The molecule has 0 N–H and O–H groups in total. The molecule has 2 atom stereocenters. The molecular formula is C25H23N3O8S. The van der Waals surface area contributed by atoms with Crippen molar-refractivity contribution in [1.82, 2.24) is 4.90 Å². The summed E-state index contributed by atoms with van der Waals surface area (Å²) >= 11 is 1.40. The van der Waals surface area contributed by atoms with Gasteiger partial charge in [-0.1, -0.05) is 12.1 Å². The van der Waals surface area contributed by atoms with E-state index in [1.165, 1.54) is 54.1 Å². The molecule has 0 saturated carbocycles. The minimum Gasteiger partial charge on any atom is -0.497 e. The van der Waals surface area contributed by atoms with Gasteiger partial charge < -0.3 is 14.2 Å². The molecule has 0 aromatic heterocycles. The fourth-order valence-corrected chi connectivity index (χ4v) is 5.06. The van der Waals surface area contributed by atoms with Gasteiger partial charge in [0.25, 0.3) is 11.6 Å². The molecule has 1 fully saturated rings. The monoisotopic (exact) mass is 525 g/mol. The molecule has 1 amide bonds. The number of rotatable bonds is 9. The summed E-state index contributed by atoms with van der Waals surface area (Å²) in [4.78, 5) is 53.6. The fraction of sp³-hybridized carbons (Fsp3) is 0.280. The van der Waals surface area contributed by atoms with Crippen molar-refractivity contribution in [3.63, 3.8) is 0 Å². The standard InChI is InChI=1S/C25H23N3O8S/c1-15(29)35-13-18-14-37-24-21(26-11-16-3-7-19(8-4-16)28(32)33)23(30)27(24)22(18)25(31)36-12-17-5-9-20(34-2)10-6-17/h3-11,21,24H,12-14H2,1-2H3/b26-11+/t21-,24+/m0/s1. The van der Waals surface area contributed by atoms with Crippen LogP contribution >= 0.6 is 11.8 Å². The van der Waals surface area contributed by atoms with Crippen molar-refractivity contribution in [3.8, 4) is 5.75 Å². The number of hydrogen-bond acceptors (Lipinski definition) is 10. The van der Waals surface area contributed by atoms with Crippen molar-refractivity contribution < 1.29 is 33.5 Å². The van der Waals surface area contributed by atoms with Crippen LogP contribution in [0.2, 0.25) is 0 Å². The van der Waals surface area contributed by atoms with E-state index in [-0.39, 0.29) is 24.6 Å². The molecule has 37 heavy (non-hydrogen) atoms. The number of aliphatic imine (C=N–C) groups is 1. The van der Waals surface area contributed by atoms with Gasteiger partial charge in [0.15, 0.2) is 6.04 Å². The molecule has 1 saturated heterocycles. The number of nitro groups is 1. The van der Waals surface area contributed by atoms with Gasteiger partial charge in [0.05, 0.1) is 12.0 Å². The quantitative estimate of drug-likeness (QED) is 0.159. The lowest BCUT2D eigenvalue weighted by atomic mass is 10.0. The summed E-state index contributed by atoms with van der Waals surface area (Å²) in [6.45, 7) is 1.11. The maximum atomic E-state index is 13.1. The minimum absolute atomic E-state index is 0.0191. The second-order valence-electron chi connectivity index (χ2n) is 8.14. The third-order valence-corrected chi connectivity index (χ3v) is 7.00. The summed E-state index contributed by atoms with van der Waals surface area (Å²) in [6.07, 6.45) is 1.48. The highest BCUT2D eigenvalue weighted by Crippen LogP contribution is 2.42. The zero-order chi connectivity index (χ0) is 26.5. The third-order valence-electron chi connectivity index (χ3n) is 5.68. The lowest BCUT2D eigenvalue weighted by Gasteiger charge is -2.48. The van der Waals surface area contributed by atoms with E-state index in [0.29, 0.717) is 22.6 Å². The molecule has 0 bridgehead atoms. The fourth-order valence-electron chi connectivity index (χ4n) is 3.74.